The molecule has 1 N–H and O–H groups in total. The van der Waals surface area contributed by atoms with Gasteiger partial charge in [0.1, 0.15) is 6.10 Å². The zero-order valence-corrected chi connectivity index (χ0v) is 16.1. The molecular formula is C19H21ClN2O3S. The molecule has 2 aromatic rings. The molecule has 1 unspecified atom stereocenters. The van der Waals surface area contributed by atoms with Crippen molar-refractivity contribution in [2.24, 2.45) is 0 Å². The summed E-state index contributed by atoms with van der Waals surface area (Å²) in [6, 6.07) is 10.8. The Morgan fingerprint density at radius 2 is 2.19 bits per heavy atom. The molecule has 5 nitrogen and oxygen atoms in total. The Labute approximate surface area is 161 Å². The van der Waals surface area contributed by atoms with Crippen LogP contribution in [0, 0.1) is 0 Å². The van der Waals surface area contributed by atoms with E-state index in [1.54, 1.807) is 29.2 Å². The standard InChI is InChI=1S/C19H21ClN2O3S/c1-2-22(12-15-8-9-17(20)26-15)19(24)13-5-3-6-14(11-13)21-18(23)16-7-4-10-25-16/h3,5-6,8-9,11,16H,2,4,7,10,12H2,1H3,(H,21,23). The van der Waals surface area contributed by atoms with Crippen molar-refractivity contribution in [2.75, 3.05) is 18.5 Å². The Morgan fingerprint density at radius 3 is 2.85 bits per heavy atom. The first-order valence-corrected chi connectivity index (χ1v) is 9.82. The van der Waals surface area contributed by atoms with Crippen LogP contribution in [-0.4, -0.2) is 36.0 Å². The van der Waals surface area contributed by atoms with Crippen LogP contribution in [0.2, 0.25) is 4.34 Å². The normalized spacial score (nSPS) is 16.5. The van der Waals surface area contributed by atoms with Gasteiger partial charge in [-0.15, -0.1) is 11.3 Å². The van der Waals surface area contributed by atoms with E-state index in [1.165, 1.54) is 11.3 Å². The first kappa shape index (κ1) is 18.9. The second-order valence-corrected chi connectivity index (χ2v) is 7.90. The quantitative estimate of drug-likeness (QED) is 0.802. The van der Waals surface area contributed by atoms with E-state index in [2.05, 4.69) is 5.32 Å². The number of benzene rings is 1. The molecule has 0 radical (unpaired) electrons. The lowest BCUT2D eigenvalue weighted by Gasteiger charge is -2.20. The molecule has 0 spiro atoms. The lowest BCUT2D eigenvalue weighted by molar-refractivity contribution is -0.124. The first-order valence-electron chi connectivity index (χ1n) is 8.63. The molecule has 1 atom stereocenters. The first-order chi connectivity index (χ1) is 12.6. The molecule has 1 aliphatic rings. The highest BCUT2D eigenvalue weighted by Gasteiger charge is 2.24. The molecule has 1 aliphatic heterocycles. The van der Waals surface area contributed by atoms with Crippen molar-refractivity contribution >= 4 is 40.4 Å². The zero-order valence-electron chi connectivity index (χ0n) is 14.5. The highest BCUT2D eigenvalue weighted by Crippen LogP contribution is 2.24. The van der Waals surface area contributed by atoms with Gasteiger partial charge in [0.2, 0.25) is 0 Å². The molecule has 3 rings (SSSR count). The van der Waals surface area contributed by atoms with Gasteiger partial charge in [0.25, 0.3) is 11.8 Å². The van der Waals surface area contributed by atoms with Gasteiger partial charge in [-0.1, -0.05) is 17.7 Å². The maximum atomic E-state index is 12.8. The predicted octanol–water partition coefficient (Wildman–Crippen LogP) is 4.18. The fourth-order valence-corrected chi connectivity index (χ4v) is 3.98. The number of carbonyl (C=O) groups excluding carboxylic acids is 2. The van der Waals surface area contributed by atoms with Crippen LogP contribution in [-0.2, 0) is 16.1 Å². The van der Waals surface area contributed by atoms with Crippen LogP contribution in [0.1, 0.15) is 35.0 Å². The molecule has 138 valence electrons. The largest absolute Gasteiger partial charge is 0.368 e. The van der Waals surface area contributed by atoms with E-state index in [-0.39, 0.29) is 11.8 Å². The highest BCUT2D eigenvalue weighted by molar-refractivity contribution is 7.16. The van der Waals surface area contributed by atoms with Gasteiger partial charge in [-0.3, -0.25) is 9.59 Å². The van der Waals surface area contributed by atoms with Crippen LogP contribution < -0.4 is 5.32 Å². The number of thiophene rings is 1. The zero-order chi connectivity index (χ0) is 18.5. The van der Waals surface area contributed by atoms with E-state index in [1.807, 2.05) is 19.1 Å². The van der Waals surface area contributed by atoms with Crippen molar-refractivity contribution in [3.63, 3.8) is 0 Å². The third-order valence-corrected chi connectivity index (χ3v) is 5.46. The number of anilines is 1. The Morgan fingerprint density at radius 1 is 1.35 bits per heavy atom. The molecule has 1 aromatic carbocycles. The van der Waals surface area contributed by atoms with Gasteiger partial charge < -0.3 is 15.0 Å². The van der Waals surface area contributed by atoms with Gasteiger partial charge in [0, 0.05) is 29.3 Å². The number of halogens is 1. The van der Waals surface area contributed by atoms with E-state index in [4.69, 9.17) is 16.3 Å². The van der Waals surface area contributed by atoms with Crippen molar-refractivity contribution in [3.8, 4) is 0 Å². The van der Waals surface area contributed by atoms with Crippen molar-refractivity contribution in [1.29, 1.82) is 0 Å². The molecule has 0 aliphatic carbocycles. The second kappa shape index (κ2) is 8.66. The number of nitrogens with zero attached hydrogens (tertiary/aromatic N) is 1. The summed E-state index contributed by atoms with van der Waals surface area (Å²) in [5.74, 6) is -0.238. The monoisotopic (exact) mass is 392 g/mol. The molecule has 1 aromatic heterocycles. The smallest absolute Gasteiger partial charge is 0.254 e. The second-order valence-electron chi connectivity index (χ2n) is 6.10. The van der Waals surface area contributed by atoms with E-state index >= 15 is 0 Å². The number of rotatable bonds is 6. The minimum atomic E-state index is -0.398. The summed E-state index contributed by atoms with van der Waals surface area (Å²) in [4.78, 5) is 27.8. The predicted molar refractivity (Wildman–Crippen MR) is 104 cm³/mol. The molecule has 1 saturated heterocycles. The Hall–Kier alpha value is -1.89. The van der Waals surface area contributed by atoms with Crippen molar-refractivity contribution in [2.45, 2.75) is 32.4 Å². The van der Waals surface area contributed by atoms with Crippen LogP contribution in [0.3, 0.4) is 0 Å². The summed E-state index contributed by atoms with van der Waals surface area (Å²) in [7, 11) is 0. The number of hydrogen-bond acceptors (Lipinski definition) is 4. The van der Waals surface area contributed by atoms with Crippen LogP contribution in [0.4, 0.5) is 5.69 Å². The Balaban J connectivity index is 1.69. The minimum Gasteiger partial charge on any atom is -0.368 e. The van der Waals surface area contributed by atoms with Gasteiger partial charge in [0.15, 0.2) is 0 Å². The van der Waals surface area contributed by atoms with Gasteiger partial charge >= 0.3 is 0 Å². The maximum absolute atomic E-state index is 12.8. The number of hydrogen-bond donors (Lipinski definition) is 1. The SMILES string of the molecule is CCN(Cc1ccc(Cl)s1)C(=O)c1cccc(NC(=O)C2CCCO2)c1. The van der Waals surface area contributed by atoms with E-state index in [0.717, 1.165) is 17.7 Å². The number of amides is 2. The fourth-order valence-electron chi connectivity index (χ4n) is 2.87. The third-order valence-electron chi connectivity index (χ3n) is 4.24. The number of carbonyl (C=O) groups is 2. The molecule has 0 saturated carbocycles. The lowest BCUT2D eigenvalue weighted by atomic mass is 10.1. The summed E-state index contributed by atoms with van der Waals surface area (Å²) < 4.78 is 6.10. The van der Waals surface area contributed by atoms with Gasteiger partial charge in [-0.25, -0.2) is 0 Å². The molecule has 2 heterocycles. The summed E-state index contributed by atoms with van der Waals surface area (Å²) in [6.45, 7) is 3.66. The molecule has 2 amide bonds. The summed E-state index contributed by atoms with van der Waals surface area (Å²) >= 11 is 7.44. The molecular weight excluding hydrogens is 372 g/mol. The maximum Gasteiger partial charge on any atom is 0.254 e. The van der Waals surface area contributed by atoms with Gasteiger partial charge in [-0.05, 0) is 50.1 Å². The highest BCUT2D eigenvalue weighted by atomic mass is 35.5. The van der Waals surface area contributed by atoms with Crippen LogP contribution in [0.5, 0.6) is 0 Å². The third kappa shape index (κ3) is 4.63. The summed E-state index contributed by atoms with van der Waals surface area (Å²) in [5.41, 5.74) is 1.14. The van der Waals surface area contributed by atoms with E-state index in [9.17, 15) is 9.59 Å². The lowest BCUT2D eigenvalue weighted by Crippen LogP contribution is -2.30. The van der Waals surface area contributed by atoms with Crippen molar-refractivity contribution in [1.82, 2.24) is 4.90 Å². The van der Waals surface area contributed by atoms with Gasteiger partial charge in [0.05, 0.1) is 10.9 Å². The number of nitrogens with one attached hydrogen (secondary N) is 1. The van der Waals surface area contributed by atoms with E-state index < -0.39 is 6.10 Å². The molecule has 0 bridgehead atoms. The average molecular weight is 393 g/mol. The van der Waals surface area contributed by atoms with Crippen LogP contribution >= 0.6 is 22.9 Å². The fraction of sp³-hybridized carbons (Fsp3) is 0.368. The topological polar surface area (TPSA) is 58.6 Å². The average Bonchev–Trinajstić information content (AvgIpc) is 3.31. The minimum absolute atomic E-state index is 0.0785. The van der Waals surface area contributed by atoms with Crippen LogP contribution in [0.15, 0.2) is 36.4 Å². The van der Waals surface area contributed by atoms with Crippen molar-refractivity contribution < 1.29 is 14.3 Å². The Kier molecular flexibility index (Phi) is 6.29. The van der Waals surface area contributed by atoms with Crippen LogP contribution in [0.25, 0.3) is 0 Å². The summed E-state index contributed by atoms with van der Waals surface area (Å²) in [5, 5.41) is 2.84. The molecule has 7 heteroatoms. The molecule has 1 fully saturated rings. The Bertz CT molecular complexity index is 787. The van der Waals surface area contributed by atoms with Gasteiger partial charge in [-0.2, -0.15) is 0 Å². The number of ether oxygens (including phenoxy) is 1. The van der Waals surface area contributed by atoms with Crippen molar-refractivity contribution in [3.05, 3.63) is 51.2 Å². The van der Waals surface area contributed by atoms with E-state index in [0.29, 0.717) is 35.3 Å². The summed E-state index contributed by atoms with van der Waals surface area (Å²) in [6.07, 6.45) is 1.23. The molecule has 26 heavy (non-hydrogen) atoms.